The van der Waals surface area contributed by atoms with Gasteiger partial charge in [0.05, 0.1) is 0 Å². The van der Waals surface area contributed by atoms with E-state index in [1.54, 1.807) is 0 Å². The summed E-state index contributed by atoms with van der Waals surface area (Å²) in [4.78, 5) is 6.68. The number of anilines is 1. The summed E-state index contributed by atoms with van der Waals surface area (Å²) in [5, 5.41) is 3.58. The number of hydrogen-bond donors (Lipinski definition) is 1. The predicted molar refractivity (Wildman–Crippen MR) is 74.7 cm³/mol. The Bertz CT molecular complexity index is 396. The number of hydrogen-bond acceptors (Lipinski definition) is 3. The molecule has 1 heterocycles. The van der Waals surface area contributed by atoms with E-state index in [0.717, 1.165) is 18.5 Å². The maximum Gasteiger partial charge on any atom is 0.0440 e. The van der Waals surface area contributed by atoms with Crippen LogP contribution in [0.4, 0.5) is 5.69 Å². The van der Waals surface area contributed by atoms with E-state index in [-0.39, 0.29) is 0 Å². The summed E-state index contributed by atoms with van der Waals surface area (Å²) in [5.74, 6) is 0.910. The van der Waals surface area contributed by atoms with Crippen molar-refractivity contribution in [2.75, 3.05) is 18.5 Å². The lowest BCUT2D eigenvalue weighted by atomic mass is 9.85. The Labute approximate surface area is 110 Å². The quantitative estimate of drug-likeness (QED) is 0.835. The van der Waals surface area contributed by atoms with Gasteiger partial charge in [-0.1, -0.05) is 6.42 Å². The van der Waals surface area contributed by atoms with Crippen LogP contribution in [0.3, 0.4) is 0 Å². The van der Waals surface area contributed by atoms with Gasteiger partial charge in [-0.3, -0.25) is 4.98 Å². The molecule has 0 saturated heterocycles. The molecule has 0 aliphatic heterocycles. The largest absolute Gasteiger partial charge is 0.374 e. The average molecular weight is 245 g/mol. The van der Waals surface area contributed by atoms with Crippen LogP contribution >= 0.6 is 0 Å². The van der Waals surface area contributed by atoms with Gasteiger partial charge in [-0.15, -0.1) is 0 Å². The Balaban J connectivity index is 1.64. The van der Waals surface area contributed by atoms with Gasteiger partial charge >= 0.3 is 0 Å². The van der Waals surface area contributed by atoms with Crippen LogP contribution in [0.1, 0.15) is 37.7 Å². The van der Waals surface area contributed by atoms with Gasteiger partial charge < -0.3 is 10.2 Å². The molecule has 0 unspecified atom stereocenters. The lowest BCUT2D eigenvalue weighted by Gasteiger charge is -2.32. The molecule has 3 heteroatoms. The number of nitrogens with zero attached hydrogens (tertiary/aromatic N) is 2. The van der Waals surface area contributed by atoms with Crippen LogP contribution in [0.5, 0.6) is 0 Å². The summed E-state index contributed by atoms with van der Waals surface area (Å²) in [6.07, 6.45) is 10.8. The smallest absolute Gasteiger partial charge is 0.0440 e. The van der Waals surface area contributed by atoms with E-state index < -0.39 is 0 Å². The Morgan fingerprint density at radius 2 is 2.17 bits per heavy atom. The van der Waals surface area contributed by atoms with Gasteiger partial charge in [-0.2, -0.15) is 0 Å². The molecular formula is C15H23N3. The lowest BCUT2D eigenvalue weighted by Crippen LogP contribution is -2.30. The topological polar surface area (TPSA) is 28.2 Å². The van der Waals surface area contributed by atoms with Crippen LogP contribution in [-0.2, 0) is 6.54 Å². The highest BCUT2D eigenvalue weighted by Gasteiger charge is 2.22. The van der Waals surface area contributed by atoms with Crippen LogP contribution in [0.2, 0.25) is 0 Å². The minimum atomic E-state index is 0.759. The second-order valence-corrected chi connectivity index (χ2v) is 5.84. The normalized spacial score (nSPS) is 19.6. The molecule has 0 aromatic carbocycles. The molecule has 2 saturated carbocycles. The fourth-order valence-corrected chi connectivity index (χ4v) is 2.63. The number of aromatic nitrogens is 1. The second kappa shape index (κ2) is 5.27. The van der Waals surface area contributed by atoms with E-state index in [9.17, 15) is 0 Å². The average Bonchev–Trinajstić information content (AvgIpc) is 3.15. The van der Waals surface area contributed by atoms with Gasteiger partial charge in [0, 0.05) is 49.8 Å². The SMILES string of the molecule is CN(CC1CCC1)c1ccncc1CNC1CC1. The van der Waals surface area contributed by atoms with Gasteiger partial charge in [0.1, 0.15) is 0 Å². The molecule has 0 amide bonds. The third-order valence-electron chi connectivity index (χ3n) is 4.20. The summed E-state index contributed by atoms with van der Waals surface area (Å²) in [6.45, 7) is 2.16. The second-order valence-electron chi connectivity index (χ2n) is 5.84. The first-order chi connectivity index (χ1) is 8.83. The van der Waals surface area contributed by atoms with Crippen molar-refractivity contribution in [3.63, 3.8) is 0 Å². The Morgan fingerprint density at radius 1 is 1.33 bits per heavy atom. The van der Waals surface area contributed by atoms with Gasteiger partial charge in [0.2, 0.25) is 0 Å². The van der Waals surface area contributed by atoms with E-state index >= 15 is 0 Å². The molecule has 2 fully saturated rings. The Hall–Kier alpha value is -1.09. The number of rotatable bonds is 6. The molecule has 0 radical (unpaired) electrons. The minimum absolute atomic E-state index is 0.759. The fraction of sp³-hybridized carbons (Fsp3) is 0.667. The van der Waals surface area contributed by atoms with Gasteiger partial charge in [0.25, 0.3) is 0 Å². The monoisotopic (exact) mass is 245 g/mol. The van der Waals surface area contributed by atoms with Crippen LogP contribution < -0.4 is 10.2 Å². The molecule has 0 spiro atoms. The predicted octanol–water partition coefficient (Wildman–Crippen LogP) is 2.57. The molecule has 1 aromatic heterocycles. The van der Waals surface area contributed by atoms with E-state index in [0.29, 0.717) is 0 Å². The first kappa shape index (κ1) is 12.0. The number of nitrogens with one attached hydrogen (secondary N) is 1. The molecule has 18 heavy (non-hydrogen) atoms. The lowest BCUT2D eigenvalue weighted by molar-refractivity contribution is 0.321. The highest BCUT2D eigenvalue weighted by molar-refractivity contribution is 5.51. The van der Waals surface area contributed by atoms with Gasteiger partial charge in [0.15, 0.2) is 0 Å². The van der Waals surface area contributed by atoms with Crippen molar-refractivity contribution < 1.29 is 0 Å². The van der Waals surface area contributed by atoms with Gasteiger partial charge in [-0.25, -0.2) is 0 Å². The van der Waals surface area contributed by atoms with Crippen molar-refractivity contribution in [3.05, 3.63) is 24.0 Å². The minimum Gasteiger partial charge on any atom is -0.374 e. The van der Waals surface area contributed by atoms with Crippen molar-refractivity contribution >= 4 is 5.69 Å². The molecule has 1 N–H and O–H groups in total. The molecule has 3 rings (SSSR count). The van der Waals surface area contributed by atoms with Crippen molar-refractivity contribution in [1.82, 2.24) is 10.3 Å². The van der Waals surface area contributed by atoms with Crippen molar-refractivity contribution in [3.8, 4) is 0 Å². The van der Waals surface area contributed by atoms with Crippen LogP contribution in [0, 0.1) is 5.92 Å². The third-order valence-corrected chi connectivity index (χ3v) is 4.20. The third kappa shape index (κ3) is 2.83. The van der Waals surface area contributed by atoms with E-state index in [4.69, 9.17) is 0 Å². The van der Waals surface area contributed by atoms with E-state index in [2.05, 4.69) is 28.3 Å². The first-order valence-electron chi connectivity index (χ1n) is 7.20. The summed E-state index contributed by atoms with van der Waals surface area (Å²) in [6, 6.07) is 2.91. The molecule has 2 aliphatic rings. The summed E-state index contributed by atoms with van der Waals surface area (Å²) in [5.41, 5.74) is 2.69. The first-order valence-corrected chi connectivity index (χ1v) is 7.20. The molecule has 2 aliphatic carbocycles. The summed E-state index contributed by atoms with van der Waals surface area (Å²) in [7, 11) is 2.22. The fourth-order valence-electron chi connectivity index (χ4n) is 2.63. The van der Waals surface area contributed by atoms with E-state index in [1.165, 1.54) is 49.9 Å². The van der Waals surface area contributed by atoms with Crippen molar-refractivity contribution in [2.45, 2.75) is 44.7 Å². The van der Waals surface area contributed by atoms with Crippen LogP contribution in [0.25, 0.3) is 0 Å². The van der Waals surface area contributed by atoms with Crippen molar-refractivity contribution in [2.24, 2.45) is 5.92 Å². The van der Waals surface area contributed by atoms with Crippen LogP contribution in [0.15, 0.2) is 18.5 Å². The zero-order chi connectivity index (χ0) is 12.4. The summed E-state index contributed by atoms with van der Waals surface area (Å²) >= 11 is 0. The molecule has 0 bridgehead atoms. The maximum absolute atomic E-state index is 4.27. The molecule has 98 valence electrons. The van der Waals surface area contributed by atoms with Crippen LogP contribution in [-0.4, -0.2) is 24.6 Å². The Morgan fingerprint density at radius 3 is 2.83 bits per heavy atom. The summed E-state index contributed by atoms with van der Waals surface area (Å²) < 4.78 is 0. The zero-order valence-electron chi connectivity index (χ0n) is 11.2. The van der Waals surface area contributed by atoms with Crippen molar-refractivity contribution in [1.29, 1.82) is 0 Å². The molecule has 1 aromatic rings. The highest BCUT2D eigenvalue weighted by Crippen LogP contribution is 2.29. The molecule has 3 nitrogen and oxygen atoms in total. The number of pyridine rings is 1. The Kier molecular flexibility index (Phi) is 3.50. The van der Waals surface area contributed by atoms with E-state index in [1.807, 2.05) is 12.4 Å². The molecular weight excluding hydrogens is 222 g/mol. The zero-order valence-corrected chi connectivity index (χ0v) is 11.2. The molecule has 0 atom stereocenters. The highest BCUT2D eigenvalue weighted by atomic mass is 15.1. The van der Waals surface area contributed by atoms with Gasteiger partial charge in [-0.05, 0) is 37.7 Å². The standard InChI is InChI=1S/C15H23N3/c1-18(11-12-3-2-4-12)15-7-8-16-9-13(15)10-17-14-5-6-14/h7-9,12,14,17H,2-6,10-11H2,1H3. The maximum atomic E-state index is 4.27.